The SMILES string of the molecule is CCC(C)NC(CO)c1cnn(-c2ccccc2)c1. The lowest BCUT2D eigenvalue weighted by atomic mass is 10.1. The standard InChI is InChI=1S/C15H21N3O/c1-3-12(2)17-15(11-19)13-9-16-18(10-13)14-7-5-4-6-8-14/h4-10,12,15,17,19H,3,11H2,1-2H3. The van der Waals surface area contributed by atoms with Gasteiger partial charge < -0.3 is 10.4 Å². The molecule has 0 aliphatic carbocycles. The quantitative estimate of drug-likeness (QED) is 0.837. The van der Waals surface area contributed by atoms with Crippen LogP contribution in [0, 0.1) is 0 Å². The summed E-state index contributed by atoms with van der Waals surface area (Å²) in [5.74, 6) is 0. The predicted octanol–water partition coefficient (Wildman–Crippen LogP) is 2.29. The molecule has 1 heterocycles. The highest BCUT2D eigenvalue weighted by atomic mass is 16.3. The third kappa shape index (κ3) is 3.43. The van der Waals surface area contributed by atoms with Crippen molar-refractivity contribution < 1.29 is 5.11 Å². The molecule has 2 N–H and O–H groups in total. The molecule has 1 aromatic carbocycles. The molecule has 0 saturated heterocycles. The maximum absolute atomic E-state index is 9.50. The molecule has 2 aromatic rings. The van der Waals surface area contributed by atoms with E-state index in [9.17, 15) is 5.11 Å². The maximum Gasteiger partial charge on any atom is 0.0645 e. The van der Waals surface area contributed by atoms with Crippen molar-refractivity contribution in [2.24, 2.45) is 0 Å². The fraction of sp³-hybridized carbons (Fsp3) is 0.400. The van der Waals surface area contributed by atoms with Crippen LogP contribution in [0.3, 0.4) is 0 Å². The summed E-state index contributed by atoms with van der Waals surface area (Å²) < 4.78 is 1.83. The van der Waals surface area contributed by atoms with Crippen molar-refractivity contribution in [2.45, 2.75) is 32.4 Å². The number of aliphatic hydroxyl groups is 1. The first-order chi connectivity index (χ1) is 9.24. The lowest BCUT2D eigenvalue weighted by Gasteiger charge is -2.19. The van der Waals surface area contributed by atoms with Gasteiger partial charge in [-0.3, -0.25) is 0 Å². The second kappa shape index (κ2) is 6.50. The van der Waals surface area contributed by atoms with Gasteiger partial charge in [-0.25, -0.2) is 4.68 Å². The fourth-order valence-electron chi connectivity index (χ4n) is 1.95. The van der Waals surface area contributed by atoms with E-state index in [4.69, 9.17) is 0 Å². The van der Waals surface area contributed by atoms with Gasteiger partial charge in [0.05, 0.1) is 24.5 Å². The van der Waals surface area contributed by atoms with E-state index >= 15 is 0 Å². The summed E-state index contributed by atoms with van der Waals surface area (Å²) in [4.78, 5) is 0. The van der Waals surface area contributed by atoms with E-state index in [1.807, 2.05) is 47.4 Å². The molecular weight excluding hydrogens is 238 g/mol. The molecule has 0 fully saturated rings. The summed E-state index contributed by atoms with van der Waals surface area (Å²) in [7, 11) is 0. The molecule has 102 valence electrons. The van der Waals surface area contributed by atoms with Gasteiger partial charge in [-0.05, 0) is 25.5 Å². The Labute approximate surface area is 114 Å². The van der Waals surface area contributed by atoms with Crippen LogP contribution in [-0.2, 0) is 0 Å². The molecule has 4 heteroatoms. The molecule has 4 nitrogen and oxygen atoms in total. The van der Waals surface area contributed by atoms with E-state index in [0.29, 0.717) is 6.04 Å². The third-order valence-corrected chi connectivity index (χ3v) is 3.31. The molecule has 0 aliphatic rings. The van der Waals surface area contributed by atoms with Gasteiger partial charge in [0, 0.05) is 17.8 Å². The smallest absolute Gasteiger partial charge is 0.0645 e. The van der Waals surface area contributed by atoms with Crippen molar-refractivity contribution >= 4 is 0 Å². The van der Waals surface area contributed by atoms with E-state index in [1.165, 1.54) is 0 Å². The third-order valence-electron chi connectivity index (χ3n) is 3.31. The van der Waals surface area contributed by atoms with Gasteiger partial charge in [0.2, 0.25) is 0 Å². The van der Waals surface area contributed by atoms with Crippen molar-refractivity contribution in [2.75, 3.05) is 6.61 Å². The molecule has 2 unspecified atom stereocenters. The highest BCUT2D eigenvalue weighted by Gasteiger charge is 2.14. The van der Waals surface area contributed by atoms with Crippen molar-refractivity contribution in [3.05, 3.63) is 48.3 Å². The number of benzene rings is 1. The van der Waals surface area contributed by atoms with Crippen molar-refractivity contribution in [1.82, 2.24) is 15.1 Å². The number of hydrogen-bond acceptors (Lipinski definition) is 3. The molecule has 0 bridgehead atoms. The van der Waals surface area contributed by atoms with Gasteiger partial charge in [0.1, 0.15) is 0 Å². The lowest BCUT2D eigenvalue weighted by molar-refractivity contribution is 0.234. The van der Waals surface area contributed by atoms with E-state index in [0.717, 1.165) is 17.7 Å². The predicted molar refractivity (Wildman–Crippen MR) is 76.3 cm³/mol. The normalized spacial score (nSPS) is 14.3. The summed E-state index contributed by atoms with van der Waals surface area (Å²) in [5, 5.41) is 17.3. The molecule has 1 aromatic heterocycles. The minimum Gasteiger partial charge on any atom is -0.394 e. The summed E-state index contributed by atoms with van der Waals surface area (Å²) in [5.41, 5.74) is 2.03. The molecule has 0 saturated carbocycles. The first-order valence-corrected chi connectivity index (χ1v) is 6.71. The van der Waals surface area contributed by atoms with Crippen LogP contribution in [0.25, 0.3) is 5.69 Å². The Hall–Kier alpha value is -1.65. The molecule has 19 heavy (non-hydrogen) atoms. The van der Waals surface area contributed by atoms with Gasteiger partial charge >= 0.3 is 0 Å². The molecule has 0 spiro atoms. The van der Waals surface area contributed by atoms with Crippen molar-refractivity contribution in [3.8, 4) is 5.69 Å². The van der Waals surface area contributed by atoms with E-state index in [1.54, 1.807) is 0 Å². The van der Waals surface area contributed by atoms with E-state index in [2.05, 4.69) is 24.3 Å². The second-order valence-corrected chi connectivity index (χ2v) is 4.76. The zero-order valence-corrected chi connectivity index (χ0v) is 11.5. The van der Waals surface area contributed by atoms with Crippen LogP contribution >= 0.6 is 0 Å². The Morgan fingerprint density at radius 3 is 2.68 bits per heavy atom. The number of hydrogen-bond donors (Lipinski definition) is 2. The molecule has 2 rings (SSSR count). The van der Waals surface area contributed by atoms with Crippen LogP contribution in [0.5, 0.6) is 0 Å². The Bertz CT molecular complexity index is 495. The van der Waals surface area contributed by atoms with Crippen LogP contribution < -0.4 is 5.32 Å². The van der Waals surface area contributed by atoms with Gasteiger partial charge in [-0.1, -0.05) is 25.1 Å². The Morgan fingerprint density at radius 1 is 1.32 bits per heavy atom. The largest absolute Gasteiger partial charge is 0.394 e. The van der Waals surface area contributed by atoms with E-state index in [-0.39, 0.29) is 12.6 Å². The zero-order valence-electron chi connectivity index (χ0n) is 11.5. The molecule has 0 radical (unpaired) electrons. The number of aromatic nitrogens is 2. The van der Waals surface area contributed by atoms with Gasteiger partial charge in [0.15, 0.2) is 0 Å². The highest BCUT2D eigenvalue weighted by molar-refractivity contribution is 5.31. The topological polar surface area (TPSA) is 50.1 Å². The Morgan fingerprint density at radius 2 is 2.05 bits per heavy atom. The first kappa shape index (κ1) is 13.8. The first-order valence-electron chi connectivity index (χ1n) is 6.71. The van der Waals surface area contributed by atoms with Crippen LogP contribution in [0.15, 0.2) is 42.7 Å². The van der Waals surface area contributed by atoms with Crippen LogP contribution in [0.4, 0.5) is 0 Å². The average Bonchev–Trinajstić information content (AvgIpc) is 2.95. The molecule has 0 aliphatic heterocycles. The van der Waals surface area contributed by atoms with Crippen molar-refractivity contribution in [1.29, 1.82) is 0 Å². The van der Waals surface area contributed by atoms with Gasteiger partial charge in [0.25, 0.3) is 0 Å². The highest BCUT2D eigenvalue weighted by Crippen LogP contribution is 2.15. The summed E-state index contributed by atoms with van der Waals surface area (Å²) in [6.45, 7) is 4.31. The number of nitrogens with zero attached hydrogens (tertiary/aromatic N) is 2. The summed E-state index contributed by atoms with van der Waals surface area (Å²) in [6.07, 6.45) is 4.80. The number of rotatable bonds is 6. The van der Waals surface area contributed by atoms with Crippen LogP contribution in [-0.4, -0.2) is 27.5 Å². The molecule has 2 atom stereocenters. The Balaban J connectivity index is 2.15. The number of para-hydroxylation sites is 1. The minimum absolute atomic E-state index is 0.0626. The monoisotopic (exact) mass is 259 g/mol. The Kier molecular flexibility index (Phi) is 4.71. The lowest BCUT2D eigenvalue weighted by Crippen LogP contribution is -2.31. The second-order valence-electron chi connectivity index (χ2n) is 4.76. The minimum atomic E-state index is -0.0626. The van der Waals surface area contributed by atoms with Crippen LogP contribution in [0.2, 0.25) is 0 Å². The fourth-order valence-corrected chi connectivity index (χ4v) is 1.95. The average molecular weight is 259 g/mol. The number of nitrogens with one attached hydrogen (secondary N) is 1. The molecule has 0 amide bonds. The van der Waals surface area contributed by atoms with Gasteiger partial charge in [-0.2, -0.15) is 5.10 Å². The summed E-state index contributed by atoms with van der Waals surface area (Å²) >= 11 is 0. The van der Waals surface area contributed by atoms with Gasteiger partial charge in [-0.15, -0.1) is 0 Å². The van der Waals surface area contributed by atoms with E-state index < -0.39 is 0 Å². The summed E-state index contributed by atoms with van der Waals surface area (Å²) in [6, 6.07) is 10.3. The number of aliphatic hydroxyl groups excluding tert-OH is 1. The zero-order chi connectivity index (χ0) is 13.7. The molecular formula is C15H21N3O. The maximum atomic E-state index is 9.50. The van der Waals surface area contributed by atoms with Crippen molar-refractivity contribution in [3.63, 3.8) is 0 Å². The van der Waals surface area contributed by atoms with Crippen LogP contribution in [0.1, 0.15) is 31.9 Å².